The van der Waals surface area contributed by atoms with Gasteiger partial charge in [0.1, 0.15) is 0 Å². The highest BCUT2D eigenvalue weighted by atomic mass is 32.2. The first-order valence-corrected chi connectivity index (χ1v) is 5.64. The zero-order valence-electron chi connectivity index (χ0n) is 7.90. The Morgan fingerprint density at radius 1 is 1.64 bits per heavy atom. The van der Waals surface area contributed by atoms with E-state index in [1.807, 2.05) is 0 Å². The standard InChI is InChI=1S/C8H15N3O2S/c9-7(11-13)5-10-8(12)6-3-1-2-4-14-6/h6,13H,1-5H2,(H2,9,11)(H,10,12). The Kier molecular flexibility index (Phi) is 4.58. The van der Waals surface area contributed by atoms with Crippen LogP contribution in [-0.2, 0) is 4.79 Å². The van der Waals surface area contributed by atoms with Crippen molar-refractivity contribution in [3.63, 3.8) is 0 Å². The smallest absolute Gasteiger partial charge is 0.233 e. The summed E-state index contributed by atoms with van der Waals surface area (Å²) in [6, 6.07) is 0. The van der Waals surface area contributed by atoms with E-state index in [0.717, 1.165) is 18.6 Å². The van der Waals surface area contributed by atoms with Gasteiger partial charge in [0.05, 0.1) is 11.8 Å². The van der Waals surface area contributed by atoms with Crippen LogP contribution in [0.3, 0.4) is 0 Å². The van der Waals surface area contributed by atoms with Gasteiger partial charge in [-0.3, -0.25) is 4.79 Å². The third-order valence-corrected chi connectivity index (χ3v) is 3.42. The number of rotatable bonds is 3. The van der Waals surface area contributed by atoms with E-state index in [0.29, 0.717) is 0 Å². The summed E-state index contributed by atoms with van der Waals surface area (Å²) >= 11 is 1.68. The first kappa shape index (κ1) is 11.2. The Morgan fingerprint density at radius 3 is 3.00 bits per heavy atom. The van der Waals surface area contributed by atoms with Crippen molar-refractivity contribution >= 4 is 23.5 Å². The normalized spacial score (nSPS) is 23.1. The number of nitrogens with two attached hydrogens (primary N) is 1. The van der Waals surface area contributed by atoms with Gasteiger partial charge < -0.3 is 16.3 Å². The van der Waals surface area contributed by atoms with Crippen molar-refractivity contribution in [2.75, 3.05) is 12.3 Å². The number of nitrogens with one attached hydrogen (secondary N) is 1. The lowest BCUT2D eigenvalue weighted by Crippen LogP contribution is -2.39. The van der Waals surface area contributed by atoms with Crippen LogP contribution < -0.4 is 11.1 Å². The van der Waals surface area contributed by atoms with Crippen LogP contribution in [0, 0.1) is 0 Å². The number of amidine groups is 1. The molecule has 0 bridgehead atoms. The third kappa shape index (κ3) is 3.45. The summed E-state index contributed by atoms with van der Waals surface area (Å²) in [6.45, 7) is 0.117. The summed E-state index contributed by atoms with van der Waals surface area (Å²) in [6.07, 6.45) is 3.22. The summed E-state index contributed by atoms with van der Waals surface area (Å²) in [5.41, 5.74) is 5.23. The van der Waals surface area contributed by atoms with Crippen molar-refractivity contribution in [1.29, 1.82) is 0 Å². The largest absolute Gasteiger partial charge is 0.409 e. The molecule has 0 aromatic rings. The Morgan fingerprint density at radius 2 is 2.43 bits per heavy atom. The predicted octanol–water partition coefficient (Wildman–Crippen LogP) is 0.135. The van der Waals surface area contributed by atoms with E-state index in [4.69, 9.17) is 10.9 Å². The molecule has 1 amide bonds. The molecule has 6 heteroatoms. The summed E-state index contributed by atoms with van der Waals surface area (Å²) < 4.78 is 0. The molecule has 5 nitrogen and oxygen atoms in total. The van der Waals surface area contributed by atoms with Gasteiger partial charge in [-0.2, -0.15) is 0 Å². The highest BCUT2D eigenvalue weighted by Gasteiger charge is 2.21. The SMILES string of the molecule is NC(CNC(=O)C1CCCCS1)=NO. The van der Waals surface area contributed by atoms with Crippen molar-refractivity contribution in [3.8, 4) is 0 Å². The molecule has 1 aliphatic rings. The lowest BCUT2D eigenvalue weighted by atomic mass is 10.2. The predicted molar refractivity (Wildman–Crippen MR) is 56.5 cm³/mol. The Bertz CT molecular complexity index is 227. The van der Waals surface area contributed by atoms with Crippen LogP contribution in [-0.4, -0.2) is 34.5 Å². The van der Waals surface area contributed by atoms with E-state index >= 15 is 0 Å². The van der Waals surface area contributed by atoms with Crippen LogP contribution in [0.1, 0.15) is 19.3 Å². The number of carbonyl (C=O) groups excluding carboxylic acids is 1. The molecule has 1 unspecified atom stereocenters. The number of nitrogens with zero attached hydrogens (tertiary/aromatic N) is 1. The maximum Gasteiger partial charge on any atom is 0.233 e. The molecular formula is C8H15N3O2S. The molecular weight excluding hydrogens is 202 g/mol. The molecule has 1 fully saturated rings. The van der Waals surface area contributed by atoms with Crippen LogP contribution in [0.15, 0.2) is 5.16 Å². The van der Waals surface area contributed by atoms with Crippen LogP contribution in [0.5, 0.6) is 0 Å². The molecule has 1 atom stereocenters. The van der Waals surface area contributed by atoms with Crippen LogP contribution in [0.4, 0.5) is 0 Å². The molecule has 0 spiro atoms. The number of carbonyl (C=O) groups is 1. The summed E-state index contributed by atoms with van der Waals surface area (Å²) in [7, 11) is 0. The molecule has 0 radical (unpaired) electrons. The number of oxime groups is 1. The molecule has 0 aromatic carbocycles. The molecule has 0 aromatic heterocycles. The third-order valence-electron chi connectivity index (χ3n) is 2.04. The fourth-order valence-corrected chi connectivity index (χ4v) is 2.50. The zero-order valence-corrected chi connectivity index (χ0v) is 8.72. The van der Waals surface area contributed by atoms with Gasteiger partial charge in [-0.15, -0.1) is 11.8 Å². The summed E-state index contributed by atoms with van der Waals surface area (Å²) in [5, 5.41) is 13.7. The lowest BCUT2D eigenvalue weighted by Gasteiger charge is -2.20. The van der Waals surface area contributed by atoms with E-state index in [1.54, 1.807) is 11.8 Å². The first-order chi connectivity index (χ1) is 6.74. The average molecular weight is 217 g/mol. The highest BCUT2D eigenvalue weighted by molar-refractivity contribution is 8.00. The Balaban J connectivity index is 2.26. The van der Waals surface area contributed by atoms with Gasteiger partial charge in [-0.1, -0.05) is 11.6 Å². The molecule has 0 saturated carbocycles. The molecule has 1 saturated heterocycles. The number of amides is 1. The molecule has 1 heterocycles. The monoisotopic (exact) mass is 217 g/mol. The zero-order chi connectivity index (χ0) is 10.4. The van der Waals surface area contributed by atoms with Gasteiger partial charge in [0, 0.05) is 0 Å². The van der Waals surface area contributed by atoms with Gasteiger partial charge in [0.2, 0.25) is 5.91 Å². The van der Waals surface area contributed by atoms with Crippen molar-refractivity contribution in [2.45, 2.75) is 24.5 Å². The number of hydrogen-bond acceptors (Lipinski definition) is 4. The van der Waals surface area contributed by atoms with E-state index in [-0.39, 0.29) is 23.5 Å². The van der Waals surface area contributed by atoms with Gasteiger partial charge in [0.15, 0.2) is 5.84 Å². The maximum absolute atomic E-state index is 11.5. The van der Waals surface area contributed by atoms with Crippen LogP contribution >= 0.6 is 11.8 Å². The van der Waals surface area contributed by atoms with Gasteiger partial charge in [0.25, 0.3) is 0 Å². The average Bonchev–Trinajstić information content (AvgIpc) is 2.26. The van der Waals surface area contributed by atoms with Crippen molar-refractivity contribution < 1.29 is 10.0 Å². The van der Waals surface area contributed by atoms with Crippen LogP contribution in [0.25, 0.3) is 0 Å². The summed E-state index contributed by atoms with van der Waals surface area (Å²) in [5.74, 6) is 1.06. The molecule has 1 rings (SSSR count). The van der Waals surface area contributed by atoms with Crippen molar-refractivity contribution in [1.82, 2.24) is 5.32 Å². The maximum atomic E-state index is 11.5. The minimum atomic E-state index is -0.0127. The van der Waals surface area contributed by atoms with Crippen molar-refractivity contribution in [2.24, 2.45) is 10.9 Å². The second kappa shape index (κ2) is 5.74. The topological polar surface area (TPSA) is 87.7 Å². The fourth-order valence-electron chi connectivity index (χ4n) is 1.27. The first-order valence-electron chi connectivity index (χ1n) is 4.59. The Hall–Kier alpha value is -0.910. The lowest BCUT2D eigenvalue weighted by molar-refractivity contribution is -0.120. The van der Waals surface area contributed by atoms with Gasteiger partial charge in [-0.25, -0.2) is 0 Å². The fraction of sp³-hybridized carbons (Fsp3) is 0.750. The Labute approximate surface area is 87.1 Å². The second-order valence-electron chi connectivity index (χ2n) is 3.16. The second-order valence-corrected chi connectivity index (χ2v) is 4.47. The van der Waals surface area contributed by atoms with E-state index < -0.39 is 0 Å². The van der Waals surface area contributed by atoms with E-state index in [9.17, 15) is 4.79 Å². The van der Waals surface area contributed by atoms with Gasteiger partial charge in [-0.05, 0) is 18.6 Å². The molecule has 14 heavy (non-hydrogen) atoms. The number of hydrogen-bond donors (Lipinski definition) is 3. The number of thioether (sulfide) groups is 1. The van der Waals surface area contributed by atoms with Crippen molar-refractivity contribution in [3.05, 3.63) is 0 Å². The van der Waals surface area contributed by atoms with Crippen LogP contribution in [0.2, 0.25) is 0 Å². The highest BCUT2D eigenvalue weighted by Crippen LogP contribution is 2.24. The molecule has 80 valence electrons. The minimum Gasteiger partial charge on any atom is -0.409 e. The van der Waals surface area contributed by atoms with Gasteiger partial charge >= 0.3 is 0 Å². The molecule has 1 aliphatic heterocycles. The quantitative estimate of drug-likeness (QED) is 0.271. The molecule has 4 N–H and O–H groups in total. The van der Waals surface area contributed by atoms with E-state index in [1.165, 1.54) is 6.42 Å². The molecule has 0 aliphatic carbocycles. The minimum absolute atomic E-state index is 0.0127. The van der Waals surface area contributed by atoms with E-state index in [2.05, 4.69) is 10.5 Å². The summed E-state index contributed by atoms with van der Waals surface area (Å²) in [4.78, 5) is 11.5.